The predicted octanol–water partition coefficient (Wildman–Crippen LogP) is 5.16. The molecule has 1 aliphatic carbocycles. The number of amides is 2. The molecule has 6 nitrogen and oxygen atoms in total. The smallest absolute Gasteiger partial charge is 0.245 e. The number of carbonyl (C=O) groups is 2. The lowest BCUT2D eigenvalue weighted by molar-refractivity contribution is -0.136. The van der Waals surface area contributed by atoms with Crippen LogP contribution < -0.4 is 5.32 Å². The first kappa shape index (κ1) is 23.7. The second-order valence-corrected chi connectivity index (χ2v) is 10.4. The summed E-state index contributed by atoms with van der Waals surface area (Å²) in [7, 11) is 0. The van der Waals surface area contributed by atoms with Crippen molar-refractivity contribution < 1.29 is 9.59 Å². The van der Waals surface area contributed by atoms with Crippen molar-refractivity contribution in [3.05, 3.63) is 77.0 Å². The molecule has 0 aliphatic heterocycles. The van der Waals surface area contributed by atoms with Crippen molar-refractivity contribution in [3.63, 3.8) is 0 Å². The van der Waals surface area contributed by atoms with Gasteiger partial charge in [0.05, 0.1) is 11.4 Å². The summed E-state index contributed by atoms with van der Waals surface area (Å²) in [5.41, 5.74) is 4.90. The largest absolute Gasteiger partial charge is 0.329 e. The fraction of sp³-hybridized carbons (Fsp3) is 0.393. The Morgan fingerprint density at radius 2 is 1.76 bits per heavy atom. The summed E-state index contributed by atoms with van der Waals surface area (Å²) >= 11 is 0. The standard InChI is InChI=1S/C28H34N4O2/c1-19-11-14-23(20(2)15-19)32-25(16-24(30-32)28(3,4)5)29-26(33)18-31(27(34)22-12-13-22)17-21-9-7-6-8-10-21/h6-11,14-16,22H,12-13,17-18H2,1-5H3,(H,29,33). The zero-order valence-electron chi connectivity index (χ0n) is 20.8. The molecule has 0 radical (unpaired) electrons. The van der Waals surface area contributed by atoms with E-state index in [2.05, 4.69) is 39.1 Å². The van der Waals surface area contributed by atoms with Gasteiger partial charge in [-0.15, -0.1) is 0 Å². The second kappa shape index (κ2) is 9.45. The van der Waals surface area contributed by atoms with Gasteiger partial charge in [-0.3, -0.25) is 9.59 Å². The van der Waals surface area contributed by atoms with Crippen molar-refractivity contribution in [2.24, 2.45) is 5.92 Å². The molecule has 2 aromatic carbocycles. The normalized spacial score (nSPS) is 13.6. The van der Waals surface area contributed by atoms with Gasteiger partial charge in [0.2, 0.25) is 11.8 Å². The summed E-state index contributed by atoms with van der Waals surface area (Å²) in [6.07, 6.45) is 1.81. The SMILES string of the molecule is Cc1ccc(-n2nc(C(C)(C)C)cc2NC(=O)CN(Cc2ccccc2)C(=O)C2CC2)c(C)c1. The summed E-state index contributed by atoms with van der Waals surface area (Å²) in [5.74, 6) is 0.485. The maximum absolute atomic E-state index is 13.2. The van der Waals surface area contributed by atoms with Gasteiger partial charge >= 0.3 is 0 Å². The highest BCUT2D eigenvalue weighted by Gasteiger charge is 2.34. The van der Waals surface area contributed by atoms with Gasteiger partial charge in [0.1, 0.15) is 12.4 Å². The van der Waals surface area contributed by atoms with E-state index >= 15 is 0 Å². The number of aromatic nitrogens is 2. The lowest BCUT2D eigenvalue weighted by Crippen LogP contribution is -2.38. The molecule has 1 saturated carbocycles. The van der Waals surface area contributed by atoms with Crippen molar-refractivity contribution >= 4 is 17.6 Å². The van der Waals surface area contributed by atoms with Crippen molar-refractivity contribution in [3.8, 4) is 5.69 Å². The average Bonchev–Trinajstić information content (AvgIpc) is 3.53. The molecule has 2 amide bonds. The molecular formula is C28H34N4O2. The number of nitrogens with zero attached hydrogens (tertiary/aromatic N) is 3. The summed E-state index contributed by atoms with van der Waals surface area (Å²) in [4.78, 5) is 27.8. The molecule has 1 fully saturated rings. The molecular weight excluding hydrogens is 424 g/mol. The molecule has 34 heavy (non-hydrogen) atoms. The molecule has 6 heteroatoms. The predicted molar refractivity (Wildman–Crippen MR) is 135 cm³/mol. The van der Waals surface area contributed by atoms with E-state index in [4.69, 9.17) is 5.10 Å². The third-order valence-corrected chi connectivity index (χ3v) is 6.11. The van der Waals surface area contributed by atoms with Gasteiger partial charge in [0, 0.05) is 23.9 Å². The Hall–Kier alpha value is -3.41. The van der Waals surface area contributed by atoms with E-state index in [0.717, 1.165) is 35.3 Å². The van der Waals surface area contributed by atoms with Crippen LogP contribution in [0.2, 0.25) is 0 Å². The molecule has 1 heterocycles. The van der Waals surface area contributed by atoms with Crippen LogP contribution in [0.4, 0.5) is 5.82 Å². The van der Waals surface area contributed by atoms with Crippen LogP contribution >= 0.6 is 0 Å². The average molecular weight is 459 g/mol. The fourth-order valence-corrected chi connectivity index (χ4v) is 4.02. The van der Waals surface area contributed by atoms with Gasteiger partial charge in [-0.25, -0.2) is 4.68 Å². The highest BCUT2D eigenvalue weighted by molar-refractivity contribution is 5.94. The Morgan fingerprint density at radius 1 is 1.06 bits per heavy atom. The van der Waals surface area contributed by atoms with E-state index in [9.17, 15) is 9.59 Å². The zero-order valence-corrected chi connectivity index (χ0v) is 20.8. The van der Waals surface area contributed by atoms with Crippen molar-refractivity contribution in [2.45, 2.75) is 59.4 Å². The highest BCUT2D eigenvalue weighted by atomic mass is 16.2. The minimum Gasteiger partial charge on any atom is -0.329 e. The van der Waals surface area contributed by atoms with Crippen LogP contribution in [-0.4, -0.2) is 33.0 Å². The van der Waals surface area contributed by atoms with Gasteiger partial charge in [-0.2, -0.15) is 5.10 Å². The van der Waals surface area contributed by atoms with Gasteiger partial charge in [0.15, 0.2) is 0 Å². The second-order valence-electron chi connectivity index (χ2n) is 10.4. The van der Waals surface area contributed by atoms with Crippen LogP contribution in [-0.2, 0) is 21.5 Å². The number of rotatable bonds is 7. The topological polar surface area (TPSA) is 67.2 Å². The minimum absolute atomic E-state index is 0.00708. The number of hydrogen-bond donors (Lipinski definition) is 1. The Bertz CT molecular complexity index is 1190. The van der Waals surface area contributed by atoms with Gasteiger partial charge in [0.25, 0.3) is 0 Å². The number of carbonyl (C=O) groups excluding carboxylic acids is 2. The molecule has 0 saturated heterocycles. The van der Waals surface area contributed by atoms with E-state index in [1.165, 1.54) is 5.56 Å². The Kier molecular flexibility index (Phi) is 6.60. The number of aryl methyl sites for hydroxylation is 2. The van der Waals surface area contributed by atoms with Crippen LogP contribution in [0.3, 0.4) is 0 Å². The van der Waals surface area contributed by atoms with E-state index in [0.29, 0.717) is 12.4 Å². The highest BCUT2D eigenvalue weighted by Crippen LogP contribution is 2.32. The van der Waals surface area contributed by atoms with Crippen LogP contribution in [0.15, 0.2) is 54.6 Å². The van der Waals surface area contributed by atoms with Crippen molar-refractivity contribution in [1.82, 2.24) is 14.7 Å². The molecule has 1 aromatic heterocycles. The molecule has 3 aromatic rings. The Labute approximate surface area is 202 Å². The third-order valence-electron chi connectivity index (χ3n) is 6.11. The quantitative estimate of drug-likeness (QED) is 0.532. The third kappa shape index (κ3) is 5.56. The van der Waals surface area contributed by atoms with E-state index in [1.54, 1.807) is 9.58 Å². The molecule has 0 unspecified atom stereocenters. The molecule has 4 rings (SSSR count). The zero-order chi connectivity index (χ0) is 24.5. The first-order valence-corrected chi connectivity index (χ1v) is 11.9. The monoisotopic (exact) mass is 458 g/mol. The first-order chi connectivity index (χ1) is 16.1. The van der Waals surface area contributed by atoms with Crippen LogP contribution in [0.5, 0.6) is 0 Å². The Balaban J connectivity index is 1.59. The summed E-state index contributed by atoms with van der Waals surface area (Å²) < 4.78 is 1.80. The molecule has 178 valence electrons. The van der Waals surface area contributed by atoms with Crippen LogP contribution in [0, 0.1) is 19.8 Å². The first-order valence-electron chi connectivity index (χ1n) is 11.9. The van der Waals surface area contributed by atoms with E-state index < -0.39 is 0 Å². The van der Waals surface area contributed by atoms with Gasteiger partial charge in [-0.05, 0) is 43.9 Å². The maximum Gasteiger partial charge on any atom is 0.245 e. The van der Waals surface area contributed by atoms with Crippen molar-refractivity contribution in [1.29, 1.82) is 0 Å². The van der Waals surface area contributed by atoms with Crippen LogP contribution in [0.1, 0.15) is 56.0 Å². The minimum atomic E-state index is -0.226. The Morgan fingerprint density at radius 3 is 2.38 bits per heavy atom. The van der Waals surface area contributed by atoms with E-state index in [1.807, 2.05) is 55.5 Å². The maximum atomic E-state index is 13.2. The lowest BCUT2D eigenvalue weighted by atomic mass is 9.92. The molecule has 0 spiro atoms. The summed E-state index contributed by atoms with van der Waals surface area (Å²) in [5, 5.41) is 7.88. The fourth-order valence-electron chi connectivity index (χ4n) is 4.02. The lowest BCUT2D eigenvalue weighted by Gasteiger charge is -2.22. The molecule has 0 bridgehead atoms. The number of anilines is 1. The van der Waals surface area contributed by atoms with Gasteiger partial charge < -0.3 is 10.2 Å². The number of hydrogen-bond acceptors (Lipinski definition) is 3. The number of benzene rings is 2. The molecule has 0 atom stereocenters. The van der Waals surface area contributed by atoms with Gasteiger partial charge in [-0.1, -0.05) is 68.8 Å². The number of nitrogens with one attached hydrogen (secondary N) is 1. The van der Waals surface area contributed by atoms with Crippen LogP contribution in [0.25, 0.3) is 5.69 Å². The molecule has 1 aliphatic rings. The van der Waals surface area contributed by atoms with Crippen molar-refractivity contribution in [2.75, 3.05) is 11.9 Å². The summed E-state index contributed by atoms with van der Waals surface area (Å²) in [6, 6.07) is 17.9. The van der Waals surface area contributed by atoms with E-state index in [-0.39, 0.29) is 29.7 Å². The summed E-state index contributed by atoms with van der Waals surface area (Å²) in [6.45, 7) is 10.8. The molecule has 1 N–H and O–H groups in total.